The summed E-state index contributed by atoms with van der Waals surface area (Å²) in [7, 11) is 1.50. The fourth-order valence-corrected chi connectivity index (χ4v) is 2.41. The molecule has 3 nitrogen and oxygen atoms in total. The van der Waals surface area contributed by atoms with Crippen LogP contribution >= 0.6 is 11.6 Å². The Hall–Kier alpha value is -1.03. The largest absolute Gasteiger partial charge is 0.492 e. The quantitative estimate of drug-likeness (QED) is 0.849. The van der Waals surface area contributed by atoms with E-state index in [4.69, 9.17) is 16.3 Å². The van der Waals surface area contributed by atoms with Crippen LogP contribution < -0.4 is 10.5 Å². The first-order valence-corrected chi connectivity index (χ1v) is 7.53. The SMILES string of the molecule is CCOc1ccc(CCN2CC=CCC2)cc1Cl.CN. The molecule has 1 aromatic rings. The van der Waals surface area contributed by atoms with Gasteiger partial charge in [-0.3, -0.25) is 4.90 Å². The summed E-state index contributed by atoms with van der Waals surface area (Å²) in [6.45, 7) is 5.95. The van der Waals surface area contributed by atoms with Crippen LogP contribution in [0, 0.1) is 0 Å². The molecule has 0 saturated carbocycles. The first kappa shape index (κ1) is 17.0. The van der Waals surface area contributed by atoms with Gasteiger partial charge in [0.1, 0.15) is 5.75 Å². The Morgan fingerprint density at radius 3 is 2.70 bits per heavy atom. The van der Waals surface area contributed by atoms with Gasteiger partial charge in [-0.2, -0.15) is 0 Å². The molecule has 0 bridgehead atoms. The fraction of sp³-hybridized carbons (Fsp3) is 0.500. The minimum Gasteiger partial charge on any atom is -0.492 e. The van der Waals surface area contributed by atoms with Gasteiger partial charge in [0.15, 0.2) is 0 Å². The van der Waals surface area contributed by atoms with E-state index in [1.54, 1.807) is 0 Å². The molecule has 0 unspecified atom stereocenters. The summed E-state index contributed by atoms with van der Waals surface area (Å²) >= 11 is 6.18. The van der Waals surface area contributed by atoms with Gasteiger partial charge in [0, 0.05) is 19.6 Å². The maximum absolute atomic E-state index is 6.18. The highest BCUT2D eigenvalue weighted by molar-refractivity contribution is 6.32. The highest BCUT2D eigenvalue weighted by Crippen LogP contribution is 2.25. The molecule has 0 amide bonds. The number of ether oxygens (including phenoxy) is 1. The monoisotopic (exact) mass is 296 g/mol. The Balaban J connectivity index is 0.000000956. The van der Waals surface area contributed by atoms with Gasteiger partial charge < -0.3 is 10.5 Å². The van der Waals surface area contributed by atoms with E-state index >= 15 is 0 Å². The molecule has 1 aliphatic rings. The van der Waals surface area contributed by atoms with Crippen molar-refractivity contribution in [3.05, 3.63) is 40.9 Å². The van der Waals surface area contributed by atoms with Crippen molar-refractivity contribution in [3.8, 4) is 5.75 Å². The van der Waals surface area contributed by atoms with Crippen molar-refractivity contribution in [2.45, 2.75) is 19.8 Å². The van der Waals surface area contributed by atoms with Gasteiger partial charge in [-0.05, 0) is 44.5 Å². The van der Waals surface area contributed by atoms with Gasteiger partial charge in [-0.15, -0.1) is 0 Å². The maximum Gasteiger partial charge on any atom is 0.137 e. The van der Waals surface area contributed by atoms with Gasteiger partial charge in [-0.25, -0.2) is 0 Å². The van der Waals surface area contributed by atoms with Crippen LogP contribution in [0.5, 0.6) is 5.75 Å². The highest BCUT2D eigenvalue weighted by Gasteiger charge is 2.07. The molecule has 1 heterocycles. The van der Waals surface area contributed by atoms with Crippen LogP contribution in [0.15, 0.2) is 30.4 Å². The van der Waals surface area contributed by atoms with Crippen LogP contribution in [0.4, 0.5) is 0 Å². The molecule has 0 spiro atoms. The van der Waals surface area contributed by atoms with Crippen molar-refractivity contribution in [2.24, 2.45) is 5.73 Å². The first-order valence-electron chi connectivity index (χ1n) is 7.16. The second-order valence-electron chi connectivity index (χ2n) is 4.51. The minimum absolute atomic E-state index is 0.652. The number of nitrogens with zero attached hydrogens (tertiary/aromatic N) is 1. The predicted molar refractivity (Wildman–Crippen MR) is 86.6 cm³/mol. The normalized spacial score (nSPS) is 14.6. The summed E-state index contributed by atoms with van der Waals surface area (Å²) in [4.78, 5) is 2.46. The number of rotatable bonds is 5. The van der Waals surface area contributed by atoms with Crippen LogP contribution in [-0.2, 0) is 6.42 Å². The Labute approximate surface area is 127 Å². The van der Waals surface area contributed by atoms with Crippen LogP contribution in [0.3, 0.4) is 0 Å². The van der Waals surface area contributed by atoms with E-state index in [1.807, 2.05) is 19.1 Å². The van der Waals surface area contributed by atoms with Crippen molar-refractivity contribution in [1.82, 2.24) is 4.90 Å². The maximum atomic E-state index is 6.18. The molecule has 4 heteroatoms. The zero-order valence-electron chi connectivity index (χ0n) is 12.4. The van der Waals surface area contributed by atoms with E-state index in [0.29, 0.717) is 11.6 Å². The van der Waals surface area contributed by atoms with Gasteiger partial charge in [-0.1, -0.05) is 29.8 Å². The van der Waals surface area contributed by atoms with Crippen molar-refractivity contribution in [2.75, 3.05) is 33.3 Å². The highest BCUT2D eigenvalue weighted by atomic mass is 35.5. The number of halogens is 1. The molecular weight excluding hydrogens is 272 g/mol. The molecule has 0 fully saturated rings. The van der Waals surface area contributed by atoms with Gasteiger partial charge in [0.25, 0.3) is 0 Å². The topological polar surface area (TPSA) is 38.5 Å². The Morgan fingerprint density at radius 2 is 2.10 bits per heavy atom. The van der Waals surface area contributed by atoms with E-state index in [2.05, 4.69) is 28.9 Å². The smallest absolute Gasteiger partial charge is 0.137 e. The summed E-state index contributed by atoms with van der Waals surface area (Å²) in [5.41, 5.74) is 5.78. The molecule has 2 N–H and O–H groups in total. The van der Waals surface area contributed by atoms with Crippen LogP contribution in [0.1, 0.15) is 18.9 Å². The lowest BCUT2D eigenvalue weighted by Crippen LogP contribution is -2.29. The van der Waals surface area contributed by atoms with Crippen molar-refractivity contribution in [1.29, 1.82) is 0 Å². The summed E-state index contributed by atoms with van der Waals surface area (Å²) in [5.74, 6) is 0.781. The van der Waals surface area contributed by atoms with Crippen LogP contribution in [-0.4, -0.2) is 38.2 Å². The lowest BCUT2D eigenvalue weighted by molar-refractivity contribution is 0.302. The second-order valence-corrected chi connectivity index (χ2v) is 4.92. The van der Waals surface area contributed by atoms with E-state index in [9.17, 15) is 0 Å². The third kappa shape index (κ3) is 5.53. The number of benzene rings is 1. The molecule has 112 valence electrons. The zero-order chi connectivity index (χ0) is 14.8. The zero-order valence-corrected chi connectivity index (χ0v) is 13.2. The summed E-state index contributed by atoms with van der Waals surface area (Å²) in [6.07, 6.45) is 6.71. The first-order chi connectivity index (χ1) is 9.79. The van der Waals surface area contributed by atoms with E-state index in [-0.39, 0.29) is 0 Å². The molecule has 0 saturated heterocycles. The average molecular weight is 297 g/mol. The number of nitrogens with two attached hydrogens (primary N) is 1. The standard InChI is InChI=1S/C15H20ClNO.CH5N/c1-2-18-15-7-6-13(12-14(15)16)8-11-17-9-4-3-5-10-17;1-2/h3-4,6-7,12H,2,5,8-11H2,1H3;2H2,1H3. The Bertz CT molecular complexity index is 421. The Morgan fingerprint density at radius 1 is 1.30 bits per heavy atom. The number of hydrogen-bond donors (Lipinski definition) is 1. The predicted octanol–water partition coefficient (Wildman–Crippen LogP) is 3.12. The molecule has 0 aliphatic carbocycles. The van der Waals surface area contributed by atoms with Crippen LogP contribution in [0.25, 0.3) is 0 Å². The fourth-order valence-electron chi connectivity index (χ4n) is 2.15. The van der Waals surface area contributed by atoms with Crippen molar-refractivity contribution >= 4 is 11.6 Å². The molecule has 0 atom stereocenters. The lowest BCUT2D eigenvalue weighted by atomic mass is 10.1. The van der Waals surface area contributed by atoms with Crippen molar-refractivity contribution < 1.29 is 4.74 Å². The summed E-state index contributed by atoms with van der Waals surface area (Å²) in [5, 5.41) is 0.716. The molecule has 1 aromatic carbocycles. The average Bonchev–Trinajstić information content (AvgIpc) is 2.51. The Kier molecular flexibility index (Phi) is 8.35. The van der Waals surface area contributed by atoms with E-state index in [1.165, 1.54) is 25.6 Å². The third-order valence-corrected chi connectivity index (χ3v) is 3.45. The number of hydrogen-bond acceptors (Lipinski definition) is 3. The minimum atomic E-state index is 0.652. The molecule has 0 aromatic heterocycles. The summed E-state index contributed by atoms with van der Waals surface area (Å²) in [6, 6.07) is 6.10. The third-order valence-electron chi connectivity index (χ3n) is 3.16. The summed E-state index contributed by atoms with van der Waals surface area (Å²) < 4.78 is 5.43. The molecular formula is C16H25ClN2O. The van der Waals surface area contributed by atoms with E-state index < -0.39 is 0 Å². The van der Waals surface area contributed by atoms with Gasteiger partial charge in [0.2, 0.25) is 0 Å². The molecule has 20 heavy (non-hydrogen) atoms. The molecule has 2 rings (SSSR count). The second kappa shape index (κ2) is 9.81. The van der Waals surface area contributed by atoms with Crippen molar-refractivity contribution in [3.63, 3.8) is 0 Å². The van der Waals surface area contributed by atoms with Gasteiger partial charge in [0.05, 0.1) is 11.6 Å². The van der Waals surface area contributed by atoms with Gasteiger partial charge >= 0.3 is 0 Å². The molecule has 1 aliphatic heterocycles. The van der Waals surface area contributed by atoms with E-state index in [0.717, 1.165) is 25.3 Å². The van der Waals surface area contributed by atoms with Crippen LogP contribution in [0.2, 0.25) is 5.02 Å². The molecule has 0 radical (unpaired) electrons. The lowest BCUT2D eigenvalue weighted by Gasteiger charge is -2.22.